The quantitative estimate of drug-likeness (QED) is 0.456. The first-order chi connectivity index (χ1) is 16.2. The van der Waals surface area contributed by atoms with Crippen LogP contribution in [0.25, 0.3) is 33.5 Å². The third kappa shape index (κ3) is 3.87. The lowest BCUT2D eigenvalue weighted by molar-refractivity contribution is 0.0273. The number of fused-ring (bicyclic) bond motifs is 2. The van der Waals surface area contributed by atoms with Gasteiger partial charge in [-0.05, 0) is 29.2 Å². The van der Waals surface area contributed by atoms with E-state index in [2.05, 4.69) is 15.0 Å². The molecule has 2 aromatic heterocycles. The van der Waals surface area contributed by atoms with Crippen LogP contribution in [-0.4, -0.2) is 51.6 Å². The number of pyridine rings is 1. The number of nitrogens with zero attached hydrogens (tertiary/aromatic N) is 2. The fourth-order valence-corrected chi connectivity index (χ4v) is 4.71. The van der Waals surface area contributed by atoms with Gasteiger partial charge in [0, 0.05) is 12.2 Å². The van der Waals surface area contributed by atoms with Crippen molar-refractivity contribution in [3.8, 4) is 28.4 Å². The van der Waals surface area contributed by atoms with Gasteiger partial charge in [-0.1, -0.05) is 60.1 Å². The molecule has 4 aromatic rings. The van der Waals surface area contributed by atoms with E-state index in [1.807, 2.05) is 54.6 Å². The molecule has 2 fully saturated rings. The van der Waals surface area contributed by atoms with Gasteiger partial charge in [0.15, 0.2) is 11.8 Å². The number of aromatic amines is 1. The monoisotopic (exact) mass is 463 g/mol. The summed E-state index contributed by atoms with van der Waals surface area (Å²) in [4.78, 5) is 12.4. The highest BCUT2D eigenvalue weighted by atomic mass is 35.5. The predicted octanol–water partition coefficient (Wildman–Crippen LogP) is 4.37. The lowest BCUT2D eigenvalue weighted by Gasteiger charge is -2.15. The van der Waals surface area contributed by atoms with Gasteiger partial charge in [0.25, 0.3) is 6.01 Å². The molecule has 0 unspecified atom stereocenters. The van der Waals surface area contributed by atoms with Crippen LogP contribution < -0.4 is 4.74 Å². The molecule has 0 bridgehead atoms. The van der Waals surface area contributed by atoms with Gasteiger partial charge in [-0.15, -0.1) is 0 Å². The zero-order chi connectivity index (χ0) is 22.4. The molecule has 0 spiro atoms. The molecule has 7 nitrogen and oxygen atoms in total. The van der Waals surface area contributed by atoms with E-state index in [1.165, 1.54) is 0 Å². The van der Waals surface area contributed by atoms with Crippen molar-refractivity contribution in [2.75, 3.05) is 13.2 Å². The molecule has 2 aliphatic heterocycles. The van der Waals surface area contributed by atoms with Crippen molar-refractivity contribution in [1.29, 1.82) is 0 Å². The molecule has 2 saturated heterocycles. The predicted molar refractivity (Wildman–Crippen MR) is 124 cm³/mol. The van der Waals surface area contributed by atoms with E-state index in [9.17, 15) is 5.11 Å². The molecule has 0 amide bonds. The summed E-state index contributed by atoms with van der Waals surface area (Å²) in [5.41, 5.74) is 5.84. The van der Waals surface area contributed by atoms with Gasteiger partial charge in [-0.3, -0.25) is 0 Å². The lowest BCUT2D eigenvalue weighted by atomic mass is 10.0. The van der Waals surface area contributed by atoms with E-state index in [0.29, 0.717) is 41.1 Å². The maximum Gasteiger partial charge on any atom is 0.296 e. The fourth-order valence-electron chi connectivity index (χ4n) is 4.45. The first-order valence-corrected chi connectivity index (χ1v) is 11.3. The Morgan fingerprint density at radius 1 is 1.00 bits per heavy atom. The van der Waals surface area contributed by atoms with Crippen molar-refractivity contribution in [3.63, 3.8) is 0 Å². The average molecular weight is 464 g/mol. The Hall–Kier alpha value is -2.97. The SMILES string of the molecule is OCc1ccc(-c2ccc(-c3nc4nc(O[C@@H]5CO[C@@H]6CCO[C@@H]65)[nH]c4cc3Cl)cc2)cc1. The second-order valence-corrected chi connectivity index (χ2v) is 8.72. The van der Waals surface area contributed by atoms with Crippen LogP contribution in [0.15, 0.2) is 54.6 Å². The molecule has 2 aromatic carbocycles. The Morgan fingerprint density at radius 3 is 2.48 bits per heavy atom. The summed E-state index contributed by atoms with van der Waals surface area (Å²) in [7, 11) is 0. The van der Waals surface area contributed by atoms with Crippen LogP contribution in [0.2, 0.25) is 5.02 Å². The maximum absolute atomic E-state index is 9.23. The summed E-state index contributed by atoms with van der Waals surface area (Å²) >= 11 is 6.57. The smallest absolute Gasteiger partial charge is 0.296 e. The molecule has 33 heavy (non-hydrogen) atoms. The van der Waals surface area contributed by atoms with Crippen LogP contribution in [0.4, 0.5) is 0 Å². The van der Waals surface area contributed by atoms with E-state index in [1.54, 1.807) is 0 Å². The Labute approximate surface area is 195 Å². The molecule has 0 saturated carbocycles. The molecule has 6 rings (SSSR count). The van der Waals surface area contributed by atoms with E-state index >= 15 is 0 Å². The minimum Gasteiger partial charge on any atom is -0.456 e. The first-order valence-electron chi connectivity index (χ1n) is 10.9. The summed E-state index contributed by atoms with van der Waals surface area (Å²) in [5, 5.41) is 9.75. The van der Waals surface area contributed by atoms with Gasteiger partial charge in [0.05, 0.1) is 35.6 Å². The summed E-state index contributed by atoms with van der Waals surface area (Å²) in [6.45, 7) is 1.22. The van der Waals surface area contributed by atoms with Gasteiger partial charge in [0.2, 0.25) is 0 Å². The van der Waals surface area contributed by atoms with Crippen LogP contribution >= 0.6 is 11.6 Å². The fraction of sp³-hybridized carbons (Fsp3) is 0.280. The lowest BCUT2D eigenvalue weighted by Crippen LogP contribution is -2.32. The molecule has 2 N–H and O–H groups in total. The number of ether oxygens (including phenoxy) is 3. The summed E-state index contributed by atoms with van der Waals surface area (Å²) < 4.78 is 17.5. The zero-order valence-electron chi connectivity index (χ0n) is 17.7. The number of benzene rings is 2. The molecule has 168 valence electrons. The number of aromatic nitrogens is 3. The van der Waals surface area contributed by atoms with E-state index < -0.39 is 0 Å². The Morgan fingerprint density at radius 2 is 1.73 bits per heavy atom. The molecule has 2 aliphatic rings. The molecule has 0 aliphatic carbocycles. The topological polar surface area (TPSA) is 89.5 Å². The number of hydrogen-bond donors (Lipinski definition) is 2. The second kappa shape index (κ2) is 8.43. The van der Waals surface area contributed by atoms with Gasteiger partial charge in [-0.2, -0.15) is 4.98 Å². The highest BCUT2D eigenvalue weighted by molar-refractivity contribution is 6.33. The Balaban J connectivity index is 1.25. The average Bonchev–Trinajstić information content (AvgIpc) is 3.56. The third-order valence-electron chi connectivity index (χ3n) is 6.22. The minimum absolute atomic E-state index is 0.0368. The number of rotatable bonds is 5. The number of aliphatic hydroxyl groups excluding tert-OH is 1. The van der Waals surface area contributed by atoms with Crippen LogP contribution in [0.3, 0.4) is 0 Å². The first kappa shape index (κ1) is 20.6. The van der Waals surface area contributed by atoms with Crippen molar-refractivity contribution in [2.24, 2.45) is 0 Å². The number of nitrogens with one attached hydrogen (secondary N) is 1. The third-order valence-corrected chi connectivity index (χ3v) is 6.50. The maximum atomic E-state index is 9.23. The standard InChI is InChI=1S/C25H22ClN3O4/c26-18-11-19-24(29-25(27-19)33-21-13-32-20-9-10-31-23(20)21)28-22(18)17-7-5-16(6-8-17)15-3-1-14(12-30)2-4-15/h1-8,11,20-21,23,30H,9-10,12-13H2,(H,27,28,29)/t20-,21-,23+/m1/s1. The van der Waals surface area contributed by atoms with Gasteiger partial charge in [-0.25, -0.2) is 4.98 Å². The summed E-state index contributed by atoms with van der Waals surface area (Å²) in [6.07, 6.45) is 0.766. The molecule has 8 heteroatoms. The molecule has 3 atom stereocenters. The number of imidazole rings is 1. The second-order valence-electron chi connectivity index (χ2n) is 8.32. The van der Waals surface area contributed by atoms with E-state index in [0.717, 1.165) is 28.7 Å². The van der Waals surface area contributed by atoms with Gasteiger partial charge in [0.1, 0.15) is 6.10 Å². The highest BCUT2D eigenvalue weighted by Gasteiger charge is 2.43. The number of hydrogen-bond acceptors (Lipinski definition) is 6. The molecular weight excluding hydrogens is 442 g/mol. The van der Waals surface area contributed by atoms with Crippen molar-refractivity contribution in [2.45, 2.75) is 31.3 Å². The zero-order valence-corrected chi connectivity index (χ0v) is 18.5. The van der Waals surface area contributed by atoms with Crippen molar-refractivity contribution < 1.29 is 19.3 Å². The van der Waals surface area contributed by atoms with E-state index in [4.69, 9.17) is 25.8 Å². The number of aliphatic hydroxyl groups is 1. The van der Waals surface area contributed by atoms with Crippen LogP contribution in [0.1, 0.15) is 12.0 Å². The van der Waals surface area contributed by atoms with Crippen LogP contribution in [-0.2, 0) is 16.1 Å². The van der Waals surface area contributed by atoms with Crippen LogP contribution in [0.5, 0.6) is 6.01 Å². The number of halogens is 1. The van der Waals surface area contributed by atoms with Gasteiger partial charge >= 0.3 is 0 Å². The molecule has 0 radical (unpaired) electrons. The van der Waals surface area contributed by atoms with Crippen LogP contribution in [0, 0.1) is 0 Å². The number of H-pyrrole nitrogens is 1. The largest absolute Gasteiger partial charge is 0.456 e. The minimum atomic E-state index is -0.188. The highest BCUT2D eigenvalue weighted by Crippen LogP contribution is 2.33. The molecular formula is C25H22ClN3O4. The normalized spacial score (nSPS) is 22.1. The van der Waals surface area contributed by atoms with Gasteiger partial charge < -0.3 is 24.3 Å². The Bertz CT molecular complexity index is 1290. The van der Waals surface area contributed by atoms with Crippen molar-refractivity contribution in [1.82, 2.24) is 15.0 Å². The van der Waals surface area contributed by atoms with Crippen molar-refractivity contribution >= 4 is 22.8 Å². The Kier molecular flexibility index (Phi) is 5.27. The summed E-state index contributed by atoms with van der Waals surface area (Å²) in [5.74, 6) is 0. The van der Waals surface area contributed by atoms with E-state index in [-0.39, 0.29) is 24.9 Å². The molecule has 4 heterocycles. The summed E-state index contributed by atoms with van der Waals surface area (Å²) in [6, 6.07) is 18.1. The van der Waals surface area contributed by atoms with Crippen molar-refractivity contribution in [3.05, 3.63) is 65.2 Å².